The van der Waals surface area contributed by atoms with E-state index in [9.17, 15) is 9.90 Å². The molecule has 0 fully saturated rings. The van der Waals surface area contributed by atoms with Crippen LogP contribution >= 0.6 is 0 Å². The van der Waals surface area contributed by atoms with Crippen molar-refractivity contribution < 1.29 is 9.90 Å². The summed E-state index contributed by atoms with van der Waals surface area (Å²) in [6, 6.07) is 0. The van der Waals surface area contributed by atoms with Crippen LogP contribution in [0.2, 0.25) is 0 Å². The van der Waals surface area contributed by atoms with E-state index in [2.05, 4.69) is 4.98 Å². The molecule has 1 rings (SSSR count). The van der Waals surface area contributed by atoms with Crippen molar-refractivity contribution in [1.29, 1.82) is 0 Å². The summed E-state index contributed by atoms with van der Waals surface area (Å²) in [5, 5.41) is 9.78. The monoisotopic (exact) mass is 267 g/mol. The summed E-state index contributed by atoms with van der Waals surface area (Å²) < 4.78 is 1.98. The van der Waals surface area contributed by atoms with E-state index < -0.39 is 6.10 Å². The van der Waals surface area contributed by atoms with Gasteiger partial charge in [0.05, 0.1) is 0 Å². The third-order valence-electron chi connectivity index (χ3n) is 3.17. The lowest BCUT2D eigenvalue weighted by atomic mass is 10.1. The molecule has 1 atom stereocenters. The summed E-state index contributed by atoms with van der Waals surface area (Å²) in [5.74, 6) is 1.15. The Bertz CT molecular complexity index is 401. The van der Waals surface area contributed by atoms with Crippen LogP contribution in [0.25, 0.3) is 0 Å². The van der Waals surface area contributed by atoms with E-state index in [1.54, 1.807) is 18.1 Å². The van der Waals surface area contributed by atoms with Gasteiger partial charge in [-0.15, -0.1) is 0 Å². The Labute approximate surface area is 115 Å². The zero-order valence-corrected chi connectivity index (χ0v) is 12.3. The molecule has 0 radical (unpaired) electrons. The van der Waals surface area contributed by atoms with Crippen molar-refractivity contribution in [2.45, 2.75) is 39.2 Å². The topological polar surface area (TPSA) is 58.4 Å². The number of rotatable bonds is 7. The van der Waals surface area contributed by atoms with Crippen molar-refractivity contribution >= 4 is 5.91 Å². The smallest absolute Gasteiger partial charge is 0.251 e. The highest BCUT2D eigenvalue weighted by atomic mass is 16.3. The Hall–Kier alpha value is -1.36. The maximum absolute atomic E-state index is 11.9. The fraction of sp³-hybridized carbons (Fsp3) is 0.714. The van der Waals surface area contributed by atoms with Gasteiger partial charge in [0, 0.05) is 39.5 Å². The molecule has 19 heavy (non-hydrogen) atoms. The van der Waals surface area contributed by atoms with E-state index in [0.717, 1.165) is 18.7 Å². The first-order valence-electron chi connectivity index (χ1n) is 6.81. The summed E-state index contributed by atoms with van der Waals surface area (Å²) in [4.78, 5) is 17.7. The molecule has 0 saturated carbocycles. The maximum atomic E-state index is 11.9. The highest BCUT2D eigenvalue weighted by Crippen LogP contribution is 2.08. The first kappa shape index (κ1) is 15.7. The number of hydrogen-bond acceptors (Lipinski definition) is 3. The van der Waals surface area contributed by atoms with Gasteiger partial charge in [-0.1, -0.05) is 13.8 Å². The maximum Gasteiger partial charge on any atom is 0.251 e. The molecule has 0 bridgehead atoms. The first-order chi connectivity index (χ1) is 8.91. The SMILES string of the molecule is CC(C)CC(O)C(=O)N(C)CCCc1nccn1C. The molecule has 0 aliphatic heterocycles. The van der Waals surface area contributed by atoms with Gasteiger partial charge in [-0.2, -0.15) is 0 Å². The van der Waals surface area contributed by atoms with Crippen LogP contribution in [-0.4, -0.2) is 45.2 Å². The van der Waals surface area contributed by atoms with E-state index in [4.69, 9.17) is 0 Å². The molecule has 1 aromatic rings. The molecule has 1 amide bonds. The Morgan fingerprint density at radius 2 is 2.21 bits per heavy atom. The second-order valence-corrected chi connectivity index (χ2v) is 5.46. The van der Waals surface area contributed by atoms with Gasteiger partial charge in [-0.05, 0) is 18.8 Å². The van der Waals surface area contributed by atoms with Crippen LogP contribution in [0.15, 0.2) is 12.4 Å². The van der Waals surface area contributed by atoms with Crippen LogP contribution in [0.3, 0.4) is 0 Å². The fourth-order valence-electron chi connectivity index (χ4n) is 2.02. The summed E-state index contributed by atoms with van der Waals surface area (Å²) in [7, 11) is 3.70. The van der Waals surface area contributed by atoms with E-state index in [-0.39, 0.29) is 5.91 Å². The van der Waals surface area contributed by atoms with Gasteiger partial charge in [0.15, 0.2) is 0 Å². The van der Waals surface area contributed by atoms with Crippen molar-refractivity contribution in [3.05, 3.63) is 18.2 Å². The molecule has 1 N–H and O–H groups in total. The van der Waals surface area contributed by atoms with Gasteiger partial charge in [-0.25, -0.2) is 4.98 Å². The van der Waals surface area contributed by atoms with Crippen molar-refractivity contribution in [2.75, 3.05) is 13.6 Å². The van der Waals surface area contributed by atoms with Gasteiger partial charge >= 0.3 is 0 Å². The number of carbonyl (C=O) groups excluding carboxylic acids is 1. The standard InChI is InChI=1S/C14H25N3O2/c1-11(2)10-12(18)14(19)17(4)8-5-6-13-15-7-9-16(13)3/h7,9,11-12,18H,5-6,8,10H2,1-4H3. The number of amides is 1. The molecular weight excluding hydrogens is 242 g/mol. The van der Waals surface area contributed by atoms with Gasteiger partial charge in [-0.3, -0.25) is 4.79 Å². The lowest BCUT2D eigenvalue weighted by molar-refractivity contribution is -0.139. The van der Waals surface area contributed by atoms with E-state index in [1.807, 2.05) is 31.7 Å². The number of imidazole rings is 1. The predicted octanol–water partition coefficient (Wildman–Crippen LogP) is 1.22. The second kappa shape index (κ2) is 7.28. The number of aliphatic hydroxyl groups is 1. The molecule has 0 aliphatic rings. The molecule has 108 valence electrons. The lowest BCUT2D eigenvalue weighted by Crippen LogP contribution is -2.37. The average molecular weight is 267 g/mol. The summed E-state index contributed by atoms with van der Waals surface area (Å²) in [6.07, 6.45) is 5.01. The highest BCUT2D eigenvalue weighted by Gasteiger charge is 2.20. The van der Waals surface area contributed by atoms with Crippen molar-refractivity contribution in [3.63, 3.8) is 0 Å². The summed E-state index contributed by atoms with van der Waals surface area (Å²) in [6.45, 7) is 4.63. The molecule has 1 heterocycles. The molecule has 1 unspecified atom stereocenters. The number of aryl methyl sites for hydroxylation is 2. The predicted molar refractivity (Wildman–Crippen MR) is 74.6 cm³/mol. The minimum Gasteiger partial charge on any atom is -0.383 e. The minimum atomic E-state index is -0.877. The highest BCUT2D eigenvalue weighted by molar-refractivity contribution is 5.80. The van der Waals surface area contributed by atoms with Gasteiger partial charge in [0.1, 0.15) is 11.9 Å². The molecule has 1 aromatic heterocycles. The average Bonchev–Trinajstić information content (AvgIpc) is 2.73. The molecular formula is C14H25N3O2. The van der Waals surface area contributed by atoms with Crippen molar-refractivity contribution in [1.82, 2.24) is 14.5 Å². The second-order valence-electron chi connectivity index (χ2n) is 5.46. The normalized spacial score (nSPS) is 12.7. The van der Waals surface area contributed by atoms with Gasteiger partial charge in [0.25, 0.3) is 5.91 Å². The van der Waals surface area contributed by atoms with Crippen LogP contribution in [0.4, 0.5) is 0 Å². The quantitative estimate of drug-likeness (QED) is 0.808. The van der Waals surface area contributed by atoms with Crippen LogP contribution in [0.5, 0.6) is 0 Å². The van der Waals surface area contributed by atoms with Crippen LogP contribution in [0, 0.1) is 5.92 Å². The number of nitrogens with zero attached hydrogens (tertiary/aromatic N) is 3. The molecule has 5 nitrogen and oxygen atoms in total. The number of hydrogen-bond donors (Lipinski definition) is 1. The Kier molecular flexibility index (Phi) is 6.02. The Morgan fingerprint density at radius 1 is 1.53 bits per heavy atom. The van der Waals surface area contributed by atoms with Gasteiger partial charge < -0.3 is 14.6 Å². The molecule has 0 spiro atoms. The minimum absolute atomic E-state index is 0.187. The van der Waals surface area contributed by atoms with E-state index in [1.165, 1.54) is 0 Å². The van der Waals surface area contributed by atoms with Crippen LogP contribution in [0.1, 0.15) is 32.5 Å². The molecule has 0 saturated heterocycles. The fourth-order valence-corrected chi connectivity index (χ4v) is 2.02. The van der Waals surface area contributed by atoms with Gasteiger partial charge in [0.2, 0.25) is 0 Å². The van der Waals surface area contributed by atoms with E-state index >= 15 is 0 Å². The lowest BCUT2D eigenvalue weighted by Gasteiger charge is -2.21. The first-order valence-corrected chi connectivity index (χ1v) is 6.81. The number of aromatic nitrogens is 2. The summed E-state index contributed by atoms with van der Waals surface area (Å²) >= 11 is 0. The zero-order valence-electron chi connectivity index (χ0n) is 12.3. The van der Waals surface area contributed by atoms with Crippen LogP contribution < -0.4 is 0 Å². The largest absolute Gasteiger partial charge is 0.383 e. The summed E-state index contributed by atoms with van der Waals surface area (Å²) in [5.41, 5.74) is 0. The number of aliphatic hydroxyl groups excluding tert-OH is 1. The molecule has 5 heteroatoms. The third-order valence-corrected chi connectivity index (χ3v) is 3.17. The molecule has 0 aliphatic carbocycles. The Morgan fingerprint density at radius 3 is 2.74 bits per heavy atom. The molecule has 0 aromatic carbocycles. The zero-order chi connectivity index (χ0) is 14.4. The van der Waals surface area contributed by atoms with E-state index in [0.29, 0.717) is 18.9 Å². The Balaban J connectivity index is 2.32. The number of carbonyl (C=O) groups is 1. The van der Waals surface area contributed by atoms with Crippen molar-refractivity contribution in [3.8, 4) is 0 Å². The van der Waals surface area contributed by atoms with Crippen LogP contribution in [-0.2, 0) is 18.3 Å². The number of likely N-dealkylation sites (N-methyl/N-ethyl adjacent to an activating group) is 1. The third kappa shape index (κ3) is 5.03. The van der Waals surface area contributed by atoms with Crippen molar-refractivity contribution in [2.24, 2.45) is 13.0 Å².